The van der Waals surface area contributed by atoms with Crippen molar-refractivity contribution in [1.82, 2.24) is 5.32 Å². The fraction of sp³-hybridized carbons (Fsp3) is 0.846. The van der Waals surface area contributed by atoms with Crippen molar-refractivity contribution in [1.29, 1.82) is 0 Å². The second-order valence-electron chi connectivity index (χ2n) is 5.42. The van der Waals surface area contributed by atoms with Crippen LogP contribution in [0.25, 0.3) is 0 Å². The molecular weight excluding hydrogens is 202 g/mol. The van der Waals surface area contributed by atoms with Gasteiger partial charge in [-0.15, -0.1) is 0 Å². The van der Waals surface area contributed by atoms with E-state index >= 15 is 0 Å². The predicted octanol–water partition coefficient (Wildman–Crippen LogP) is 1.98. The summed E-state index contributed by atoms with van der Waals surface area (Å²) in [6.45, 7) is 10.0. The Morgan fingerprint density at radius 3 is 2.75 bits per heavy atom. The first-order valence-electron chi connectivity index (χ1n) is 6.03. The Hall–Kier alpha value is -0.380. The average Bonchev–Trinajstić information content (AvgIpc) is 2.24. The second-order valence-corrected chi connectivity index (χ2v) is 5.42. The van der Waals surface area contributed by atoms with Gasteiger partial charge in [0.05, 0.1) is 19.3 Å². The maximum absolute atomic E-state index is 5.49. The first kappa shape index (κ1) is 13.7. The fourth-order valence-corrected chi connectivity index (χ4v) is 1.84. The molecule has 1 heterocycles. The van der Waals surface area contributed by atoms with Gasteiger partial charge in [0.2, 0.25) is 0 Å². The van der Waals surface area contributed by atoms with Crippen LogP contribution in [0.3, 0.4) is 0 Å². The molecule has 0 aromatic rings. The van der Waals surface area contributed by atoms with Gasteiger partial charge in [-0.3, -0.25) is 0 Å². The standard InChI is InChI=1S/C13H25NO2/c1-13(2,3)12(15-4)9-14-8-11-6-5-7-16-10-11/h6,12,14H,5,7-10H2,1-4H3. The maximum Gasteiger partial charge on any atom is 0.0743 e. The summed E-state index contributed by atoms with van der Waals surface area (Å²) in [5.41, 5.74) is 1.54. The van der Waals surface area contributed by atoms with Crippen molar-refractivity contribution in [3.05, 3.63) is 11.6 Å². The maximum atomic E-state index is 5.49. The van der Waals surface area contributed by atoms with Crippen LogP contribution < -0.4 is 5.32 Å². The topological polar surface area (TPSA) is 30.5 Å². The molecule has 0 fully saturated rings. The third-order valence-electron chi connectivity index (χ3n) is 2.91. The zero-order chi connectivity index (χ0) is 12.0. The highest BCUT2D eigenvalue weighted by atomic mass is 16.5. The Kier molecular flexibility index (Phi) is 5.46. The molecule has 94 valence electrons. The van der Waals surface area contributed by atoms with Gasteiger partial charge in [0.15, 0.2) is 0 Å². The molecule has 1 aliphatic heterocycles. The molecule has 1 aliphatic rings. The van der Waals surface area contributed by atoms with Crippen molar-refractivity contribution in [2.45, 2.75) is 33.3 Å². The van der Waals surface area contributed by atoms with Crippen molar-refractivity contribution >= 4 is 0 Å². The lowest BCUT2D eigenvalue weighted by Gasteiger charge is -2.29. The van der Waals surface area contributed by atoms with Crippen molar-refractivity contribution < 1.29 is 9.47 Å². The van der Waals surface area contributed by atoms with Crippen molar-refractivity contribution in [3.63, 3.8) is 0 Å². The van der Waals surface area contributed by atoms with E-state index in [1.165, 1.54) is 5.57 Å². The number of nitrogens with one attached hydrogen (secondary N) is 1. The first-order valence-corrected chi connectivity index (χ1v) is 6.03. The van der Waals surface area contributed by atoms with Crippen molar-refractivity contribution in [3.8, 4) is 0 Å². The first-order chi connectivity index (χ1) is 7.54. The molecule has 3 nitrogen and oxygen atoms in total. The molecule has 1 unspecified atom stereocenters. The van der Waals surface area contributed by atoms with Crippen LogP contribution in [0.1, 0.15) is 27.2 Å². The lowest BCUT2D eigenvalue weighted by atomic mass is 9.89. The molecule has 0 aliphatic carbocycles. The molecule has 0 saturated heterocycles. The van der Waals surface area contributed by atoms with Crippen LogP contribution in [0.15, 0.2) is 11.6 Å². The highest BCUT2D eigenvalue weighted by Gasteiger charge is 2.23. The summed E-state index contributed by atoms with van der Waals surface area (Å²) in [6.07, 6.45) is 3.57. The van der Waals surface area contributed by atoms with Gasteiger partial charge in [-0.2, -0.15) is 0 Å². The summed E-state index contributed by atoms with van der Waals surface area (Å²) in [7, 11) is 1.78. The molecule has 0 bridgehead atoms. The van der Waals surface area contributed by atoms with Crippen LogP contribution in [0.4, 0.5) is 0 Å². The highest BCUT2D eigenvalue weighted by molar-refractivity contribution is 5.06. The minimum absolute atomic E-state index is 0.180. The van der Waals surface area contributed by atoms with E-state index in [4.69, 9.17) is 9.47 Å². The van der Waals surface area contributed by atoms with Gasteiger partial charge in [0, 0.05) is 20.2 Å². The summed E-state index contributed by atoms with van der Waals surface area (Å²) in [6, 6.07) is 0. The van der Waals surface area contributed by atoms with E-state index in [2.05, 4.69) is 32.2 Å². The van der Waals surface area contributed by atoms with Gasteiger partial charge in [-0.25, -0.2) is 0 Å². The van der Waals surface area contributed by atoms with Gasteiger partial charge in [-0.05, 0) is 17.4 Å². The lowest BCUT2D eigenvalue weighted by Crippen LogP contribution is -2.39. The van der Waals surface area contributed by atoms with E-state index in [9.17, 15) is 0 Å². The summed E-state index contributed by atoms with van der Waals surface area (Å²) in [5.74, 6) is 0. The van der Waals surface area contributed by atoms with E-state index in [-0.39, 0.29) is 11.5 Å². The van der Waals surface area contributed by atoms with Gasteiger partial charge < -0.3 is 14.8 Å². The highest BCUT2D eigenvalue weighted by Crippen LogP contribution is 2.21. The van der Waals surface area contributed by atoms with Crippen LogP contribution in [-0.4, -0.2) is 39.5 Å². The molecular formula is C13H25NO2. The van der Waals surface area contributed by atoms with Gasteiger partial charge >= 0.3 is 0 Å². The van der Waals surface area contributed by atoms with Crippen LogP contribution >= 0.6 is 0 Å². The molecule has 1 rings (SSSR count). The summed E-state index contributed by atoms with van der Waals surface area (Å²) >= 11 is 0. The largest absolute Gasteiger partial charge is 0.380 e. The molecule has 0 radical (unpaired) electrons. The Morgan fingerprint density at radius 1 is 1.50 bits per heavy atom. The summed E-state index contributed by atoms with van der Waals surface area (Å²) in [5, 5.41) is 3.44. The van der Waals surface area contributed by atoms with Crippen LogP contribution in [0, 0.1) is 5.41 Å². The number of hydrogen-bond donors (Lipinski definition) is 1. The van der Waals surface area contributed by atoms with E-state index in [0.717, 1.165) is 32.7 Å². The number of ether oxygens (including phenoxy) is 2. The minimum Gasteiger partial charge on any atom is -0.380 e. The number of hydrogen-bond acceptors (Lipinski definition) is 3. The molecule has 0 aromatic carbocycles. The molecule has 0 spiro atoms. The molecule has 1 atom stereocenters. The lowest BCUT2D eigenvalue weighted by molar-refractivity contribution is 0.0178. The molecule has 1 N–H and O–H groups in total. The van der Waals surface area contributed by atoms with E-state index in [1.54, 1.807) is 7.11 Å². The molecule has 16 heavy (non-hydrogen) atoms. The monoisotopic (exact) mass is 227 g/mol. The Balaban J connectivity index is 2.25. The third-order valence-corrected chi connectivity index (χ3v) is 2.91. The van der Waals surface area contributed by atoms with Crippen molar-refractivity contribution in [2.75, 3.05) is 33.4 Å². The Labute approximate surface area is 99.2 Å². The molecule has 0 aromatic heterocycles. The Morgan fingerprint density at radius 2 is 2.25 bits per heavy atom. The predicted molar refractivity (Wildman–Crippen MR) is 66.6 cm³/mol. The summed E-state index contributed by atoms with van der Waals surface area (Å²) < 4.78 is 10.9. The molecule has 0 amide bonds. The number of rotatable bonds is 5. The SMILES string of the molecule is COC(CNCC1=CCCOC1)C(C)(C)C. The number of methoxy groups -OCH3 is 1. The normalized spacial score (nSPS) is 19.4. The Bertz CT molecular complexity index is 231. The average molecular weight is 227 g/mol. The quantitative estimate of drug-likeness (QED) is 0.729. The molecule has 0 saturated carbocycles. The minimum atomic E-state index is 0.180. The third kappa shape index (κ3) is 4.64. The zero-order valence-corrected chi connectivity index (χ0v) is 11.0. The van der Waals surface area contributed by atoms with Gasteiger partial charge in [0.25, 0.3) is 0 Å². The van der Waals surface area contributed by atoms with Gasteiger partial charge in [0.1, 0.15) is 0 Å². The fourth-order valence-electron chi connectivity index (χ4n) is 1.84. The van der Waals surface area contributed by atoms with E-state index in [0.29, 0.717) is 0 Å². The summed E-state index contributed by atoms with van der Waals surface area (Å²) in [4.78, 5) is 0. The second kappa shape index (κ2) is 6.38. The van der Waals surface area contributed by atoms with Crippen LogP contribution in [0.5, 0.6) is 0 Å². The van der Waals surface area contributed by atoms with Crippen LogP contribution in [0.2, 0.25) is 0 Å². The van der Waals surface area contributed by atoms with Crippen molar-refractivity contribution in [2.24, 2.45) is 5.41 Å². The zero-order valence-electron chi connectivity index (χ0n) is 11.0. The van der Waals surface area contributed by atoms with Gasteiger partial charge in [-0.1, -0.05) is 26.8 Å². The smallest absolute Gasteiger partial charge is 0.0743 e. The molecule has 3 heteroatoms. The van der Waals surface area contributed by atoms with E-state index in [1.807, 2.05) is 0 Å². The van der Waals surface area contributed by atoms with E-state index < -0.39 is 0 Å². The van der Waals surface area contributed by atoms with Crippen LogP contribution in [-0.2, 0) is 9.47 Å².